The normalized spacial score (nSPS) is 18.3. The number of primary amides is 1. The smallest absolute Gasteiger partial charge is 0.266 e. The van der Waals surface area contributed by atoms with Gasteiger partial charge in [0.2, 0.25) is 17.7 Å². The molecule has 7 N–H and O–H groups in total. The number of benzene rings is 4. The summed E-state index contributed by atoms with van der Waals surface area (Å²) in [6.07, 6.45) is 3.94. The zero-order chi connectivity index (χ0) is 44.2. The second-order valence-electron chi connectivity index (χ2n) is 15.5. The molecule has 1 atom stereocenters. The van der Waals surface area contributed by atoms with Gasteiger partial charge in [-0.05, 0) is 91.8 Å². The summed E-state index contributed by atoms with van der Waals surface area (Å²) in [6, 6.07) is 25.3. The van der Waals surface area contributed by atoms with Crippen molar-refractivity contribution < 1.29 is 43.1 Å². The molecule has 2 fully saturated rings. The molecule has 1 saturated carbocycles. The van der Waals surface area contributed by atoms with E-state index in [0.717, 1.165) is 21.7 Å². The Labute approximate surface area is 360 Å². The molecule has 3 heterocycles. The number of imide groups is 2. The van der Waals surface area contributed by atoms with Crippen molar-refractivity contribution in [2.45, 2.75) is 56.7 Å². The molecular formula is C46H42N8O9. The highest BCUT2D eigenvalue weighted by Crippen LogP contribution is 2.35. The van der Waals surface area contributed by atoms with Gasteiger partial charge in [0.15, 0.2) is 6.61 Å². The van der Waals surface area contributed by atoms with Crippen LogP contribution in [0.4, 0.5) is 11.4 Å². The van der Waals surface area contributed by atoms with Crippen molar-refractivity contribution in [3.8, 4) is 16.9 Å². The number of carbonyl (C=O) groups is 8. The molecule has 0 bridgehead atoms. The van der Waals surface area contributed by atoms with E-state index in [-0.39, 0.29) is 59.8 Å². The predicted molar refractivity (Wildman–Crippen MR) is 229 cm³/mol. The van der Waals surface area contributed by atoms with Gasteiger partial charge in [-0.3, -0.25) is 53.6 Å². The Kier molecular flexibility index (Phi) is 11.9. The fraction of sp³-hybridized carbons (Fsp3) is 0.239. The Morgan fingerprint density at radius 2 is 1.49 bits per heavy atom. The maximum absolute atomic E-state index is 13.3. The van der Waals surface area contributed by atoms with E-state index >= 15 is 0 Å². The Bertz CT molecular complexity index is 2680. The number of hydrogen-bond donors (Lipinski definition) is 6. The van der Waals surface area contributed by atoms with Gasteiger partial charge in [-0.15, -0.1) is 0 Å². The summed E-state index contributed by atoms with van der Waals surface area (Å²) in [6.45, 7) is -0.871. The SMILES string of the molecule is NC(=O)c1cnc2ccc(-c3ccc(C(=O)N[C@H]4CC[C@@H](NC(=O)CNC(=O)COc5cccc6c5C(=O)N(C5CCC(=O)NC5=O)C6=O)CC4)cc3)cc2c1Nc1ccccc1. The van der Waals surface area contributed by atoms with Gasteiger partial charge in [0.05, 0.1) is 34.4 Å². The molecule has 2 aliphatic heterocycles. The Hall–Kier alpha value is -7.95. The van der Waals surface area contributed by atoms with Crippen LogP contribution in [-0.4, -0.2) is 88.4 Å². The minimum atomic E-state index is -1.15. The van der Waals surface area contributed by atoms with Gasteiger partial charge in [0.1, 0.15) is 11.8 Å². The number of nitrogens with one attached hydrogen (secondary N) is 5. The van der Waals surface area contributed by atoms with E-state index in [2.05, 4.69) is 31.6 Å². The number of aromatic nitrogens is 1. The van der Waals surface area contributed by atoms with Crippen LogP contribution in [0.3, 0.4) is 0 Å². The molecule has 17 nitrogen and oxygen atoms in total. The number of carbonyl (C=O) groups excluding carboxylic acids is 8. The average Bonchev–Trinajstić information content (AvgIpc) is 3.54. The van der Waals surface area contributed by atoms with Gasteiger partial charge in [-0.1, -0.05) is 42.5 Å². The first-order chi connectivity index (χ1) is 30.4. The number of pyridine rings is 1. The van der Waals surface area contributed by atoms with E-state index in [1.54, 1.807) is 12.1 Å². The maximum atomic E-state index is 13.3. The van der Waals surface area contributed by atoms with Crippen LogP contribution in [0, 0.1) is 0 Å². The van der Waals surface area contributed by atoms with Crippen LogP contribution in [0.5, 0.6) is 5.75 Å². The number of rotatable bonds is 13. The molecule has 0 spiro atoms. The molecule has 1 saturated heterocycles. The van der Waals surface area contributed by atoms with Gasteiger partial charge in [0.25, 0.3) is 29.5 Å². The van der Waals surface area contributed by atoms with Crippen molar-refractivity contribution in [3.63, 3.8) is 0 Å². The van der Waals surface area contributed by atoms with Crippen molar-refractivity contribution in [1.82, 2.24) is 31.2 Å². The molecule has 0 radical (unpaired) electrons. The molecule has 8 amide bonds. The summed E-state index contributed by atoms with van der Waals surface area (Å²) >= 11 is 0. The third-order valence-electron chi connectivity index (χ3n) is 11.3. The second kappa shape index (κ2) is 18.0. The molecule has 8 rings (SSSR count). The molecule has 1 aliphatic carbocycles. The first-order valence-electron chi connectivity index (χ1n) is 20.4. The van der Waals surface area contributed by atoms with Crippen molar-refractivity contribution in [3.05, 3.63) is 119 Å². The third kappa shape index (κ3) is 9.07. The van der Waals surface area contributed by atoms with E-state index in [1.165, 1.54) is 24.4 Å². The van der Waals surface area contributed by atoms with Crippen molar-refractivity contribution in [2.24, 2.45) is 5.73 Å². The number of ether oxygens (including phenoxy) is 1. The molecule has 4 aromatic carbocycles. The second-order valence-corrected chi connectivity index (χ2v) is 15.5. The Morgan fingerprint density at radius 1 is 0.778 bits per heavy atom. The topological polar surface area (TPSA) is 248 Å². The number of nitrogens with zero attached hydrogens (tertiary/aromatic N) is 2. The van der Waals surface area contributed by atoms with E-state index < -0.39 is 54.0 Å². The Morgan fingerprint density at radius 3 is 2.21 bits per heavy atom. The standard InChI is InChI=1S/C46H42N8O9/c47-42(58)33-22-48-34-18-13-27(21-32(34)41(33)51-28-5-2-1-3-6-28)25-9-11-26(12-10-25)43(59)52-30-16-14-29(15-17-30)50-38(56)23-49-39(57)24-63-36-8-4-7-31-40(36)46(62)54(45(31)61)35-19-20-37(55)53-44(35)60/h1-13,18,21-22,29-30,35H,14-17,19-20,23-24H2,(H2,47,58)(H,48,51)(H,49,57)(H,50,56)(H,52,59)(H,53,55,60)/t29-,30+,35?. The van der Waals surface area contributed by atoms with Crippen LogP contribution < -0.4 is 37.1 Å². The summed E-state index contributed by atoms with van der Waals surface area (Å²) in [5.41, 5.74) is 10.1. The van der Waals surface area contributed by atoms with E-state index in [4.69, 9.17) is 10.5 Å². The Balaban J connectivity index is 0.789. The van der Waals surface area contributed by atoms with E-state index in [9.17, 15) is 38.4 Å². The quantitative estimate of drug-likeness (QED) is 0.0936. The lowest BCUT2D eigenvalue weighted by atomic mass is 9.91. The highest BCUT2D eigenvalue weighted by molar-refractivity contribution is 6.24. The fourth-order valence-corrected chi connectivity index (χ4v) is 8.08. The zero-order valence-electron chi connectivity index (χ0n) is 33.8. The highest BCUT2D eigenvalue weighted by Gasteiger charge is 2.46. The van der Waals surface area contributed by atoms with Crippen LogP contribution in [0.2, 0.25) is 0 Å². The van der Waals surface area contributed by atoms with Gasteiger partial charge in [-0.25, -0.2) is 0 Å². The predicted octanol–water partition coefficient (Wildman–Crippen LogP) is 3.50. The van der Waals surface area contributed by atoms with Crippen LogP contribution in [0.1, 0.15) is 80.0 Å². The van der Waals surface area contributed by atoms with Crippen LogP contribution in [0.25, 0.3) is 22.0 Å². The molecule has 63 heavy (non-hydrogen) atoms. The fourth-order valence-electron chi connectivity index (χ4n) is 8.08. The van der Waals surface area contributed by atoms with Gasteiger partial charge >= 0.3 is 0 Å². The first kappa shape index (κ1) is 41.8. The van der Waals surface area contributed by atoms with Crippen LogP contribution >= 0.6 is 0 Å². The molecule has 3 aliphatic rings. The number of amides is 8. The van der Waals surface area contributed by atoms with E-state index in [1.807, 2.05) is 60.7 Å². The molecule has 5 aromatic rings. The van der Waals surface area contributed by atoms with E-state index in [0.29, 0.717) is 47.8 Å². The molecular weight excluding hydrogens is 809 g/mol. The minimum Gasteiger partial charge on any atom is -0.483 e. The van der Waals surface area contributed by atoms with Crippen LogP contribution in [-0.2, 0) is 19.2 Å². The highest BCUT2D eigenvalue weighted by atomic mass is 16.5. The van der Waals surface area contributed by atoms with Crippen LogP contribution in [0.15, 0.2) is 97.2 Å². The number of fused-ring (bicyclic) bond motifs is 2. The molecule has 320 valence electrons. The number of para-hydroxylation sites is 1. The average molecular weight is 851 g/mol. The van der Waals surface area contributed by atoms with Crippen molar-refractivity contribution in [2.75, 3.05) is 18.5 Å². The summed E-state index contributed by atoms with van der Waals surface area (Å²) in [7, 11) is 0. The number of nitrogens with two attached hydrogens (primary N) is 1. The van der Waals surface area contributed by atoms with Gasteiger partial charge in [0, 0.05) is 41.3 Å². The monoisotopic (exact) mass is 850 g/mol. The maximum Gasteiger partial charge on any atom is 0.266 e. The zero-order valence-corrected chi connectivity index (χ0v) is 33.8. The van der Waals surface area contributed by atoms with Crippen molar-refractivity contribution in [1.29, 1.82) is 0 Å². The first-order valence-corrected chi connectivity index (χ1v) is 20.4. The summed E-state index contributed by atoms with van der Waals surface area (Å²) in [4.78, 5) is 106. The van der Waals surface area contributed by atoms with Gasteiger partial charge in [-0.2, -0.15) is 0 Å². The summed E-state index contributed by atoms with van der Waals surface area (Å²) in [5.74, 6) is -4.60. The lowest BCUT2D eigenvalue weighted by molar-refractivity contribution is -0.136. The lowest BCUT2D eigenvalue weighted by Gasteiger charge is -2.29. The summed E-state index contributed by atoms with van der Waals surface area (Å²) < 4.78 is 5.59. The van der Waals surface area contributed by atoms with Gasteiger partial charge < -0.3 is 31.7 Å². The number of anilines is 2. The number of piperidine rings is 1. The largest absolute Gasteiger partial charge is 0.483 e. The minimum absolute atomic E-state index is 0.00170. The lowest BCUT2D eigenvalue weighted by Crippen LogP contribution is -2.54. The van der Waals surface area contributed by atoms with Crippen molar-refractivity contribution >= 4 is 69.5 Å². The molecule has 1 aromatic heterocycles. The third-order valence-corrected chi connectivity index (χ3v) is 11.3. The number of hydrogen-bond acceptors (Lipinski definition) is 11. The molecule has 1 unspecified atom stereocenters. The summed E-state index contributed by atoms with van der Waals surface area (Å²) in [5, 5.41) is 14.7. The molecule has 17 heteroatoms.